The molecule has 0 saturated carbocycles. The van der Waals surface area contributed by atoms with E-state index in [1.807, 2.05) is 67.6 Å². The highest BCUT2D eigenvalue weighted by Gasteiger charge is 2.30. The second-order valence-electron chi connectivity index (χ2n) is 7.56. The molecule has 5 heteroatoms. The third-order valence-corrected chi connectivity index (χ3v) is 5.13. The van der Waals surface area contributed by atoms with Crippen molar-refractivity contribution < 1.29 is 9.59 Å². The number of rotatable bonds is 8. The highest BCUT2D eigenvalue weighted by molar-refractivity contribution is 6.14. The Morgan fingerprint density at radius 3 is 2.35 bits per heavy atom. The van der Waals surface area contributed by atoms with Gasteiger partial charge in [0, 0.05) is 18.8 Å². The molecule has 31 heavy (non-hydrogen) atoms. The molecule has 1 unspecified atom stereocenters. The van der Waals surface area contributed by atoms with Gasteiger partial charge in [-0.3, -0.25) is 19.3 Å². The Hall–Kier alpha value is -3.86. The number of aromatic nitrogens is 3. The summed E-state index contributed by atoms with van der Waals surface area (Å²) in [5, 5.41) is 4.54. The Balaban J connectivity index is 1.56. The fraction of sp³-hybridized carbons (Fsp3) is 0.154. The van der Waals surface area contributed by atoms with Crippen molar-refractivity contribution >= 4 is 11.6 Å². The second kappa shape index (κ2) is 9.30. The first-order valence-corrected chi connectivity index (χ1v) is 10.2. The summed E-state index contributed by atoms with van der Waals surface area (Å²) in [6, 6.07) is 24.6. The van der Waals surface area contributed by atoms with Crippen molar-refractivity contribution in [1.29, 1.82) is 0 Å². The Morgan fingerprint density at radius 1 is 0.935 bits per heavy atom. The van der Waals surface area contributed by atoms with E-state index in [-0.39, 0.29) is 18.1 Å². The molecule has 0 N–H and O–H groups in total. The summed E-state index contributed by atoms with van der Waals surface area (Å²) < 4.78 is 1.60. The van der Waals surface area contributed by atoms with Gasteiger partial charge in [0.1, 0.15) is 18.2 Å². The first-order chi connectivity index (χ1) is 15.1. The monoisotopic (exact) mass is 409 g/mol. The average molecular weight is 409 g/mol. The van der Waals surface area contributed by atoms with Crippen molar-refractivity contribution in [2.75, 3.05) is 0 Å². The van der Waals surface area contributed by atoms with E-state index in [1.165, 1.54) is 0 Å². The van der Waals surface area contributed by atoms with Crippen LogP contribution in [0.25, 0.3) is 0 Å². The number of ketones is 2. The molecule has 154 valence electrons. The van der Waals surface area contributed by atoms with E-state index >= 15 is 0 Å². The predicted octanol–water partition coefficient (Wildman–Crippen LogP) is 4.41. The fourth-order valence-corrected chi connectivity index (χ4v) is 3.59. The molecule has 1 atom stereocenters. The van der Waals surface area contributed by atoms with Gasteiger partial charge in [0.2, 0.25) is 0 Å². The van der Waals surface area contributed by atoms with E-state index in [0.29, 0.717) is 17.7 Å². The van der Waals surface area contributed by atoms with Crippen molar-refractivity contribution in [3.05, 3.63) is 119 Å². The van der Waals surface area contributed by atoms with Gasteiger partial charge in [0.05, 0.1) is 5.69 Å². The minimum atomic E-state index is -0.919. The van der Waals surface area contributed by atoms with Crippen LogP contribution >= 0.6 is 0 Å². The topological polar surface area (TPSA) is 64.8 Å². The molecule has 0 bridgehead atoms. The van der Waals surface area contributed by atoms with Crippen molar-refractivity contribution in [3.8, 4) is 0 Å². The number of pyridine rings is 1. The quantitative estimate of drug-likeness (QED) is 0.319. The van der Waals surface area contributed by atoms with Gasteiger partial charge in [0.25, 0.3) is 0 Å². The van der Waals surface area contributed by atoms with Crippen LogP contribution in [0.2, 0.25) is 0 Å². The molecule has 4 aromatic rings. The maximum Gasteiger partial charge on any atom is 0.196 e. The lowest BCUT2D eigenvalue weighted by atomic mass is 9.88. The standard InChI is InChI=1S/C26H23N3O2/c1-19-12-14-27-23(16-19)26(31)25(21-10-6-3-7-11-21)24(30)18-29-15-13-22(28-29)17-20-8-4-2-5-9-20/h2-16,25H,17-18H2,1H3. The molecule has 0 aliphatic heterocycles. The molecular weight excluding hydrogens is 386 g/mol. The second-order valence-corrected chi connectivity index (χ2v) is 7.56. The van der Waals surface area contributed by atoms with E-state index in [1.54, 1.807) is 35.3 Å². The number of carbonyl (C=O) groups excluding carboxylic acids is 2. The lowest BCUT2D eigenvalue weighted by Crippen LogP contribution is -2.26. The Morgan fingerprint density at radius 2 is 1.65 bits per heavy atom. The molecule has 2 heterocycles. The van der Waals surface area contributed by atoms with Crippen molar-refractivity contribution in [3.63, 3.8) is 0 Å². The van der Waals surface area contributed by atoms with Crippen LogP contribution in [0.5, 0.6) is 0 Å². The number of aryl methyl sites for hydroxylation is 1. The normalized spacial score (nSPS) is 11.8. The smallest absolute Gasteiger partial charge is 0.196 e. The summed E-state index contributed by atoms with van der Waals surface area (Å²) in [5.41, 5.74) is 3.92. The van der Waals surface area contributed by atoms with Gasteiger partial charge < -0.3 is 0 Å². The Kier molecular flexibility index (Phi) is 6.13. The maximum absolute atomic E-state index is 13.3. The van der Waals surface area contributed by atoms with Gasteiger partial charge in [-0.1, -0.05) is 60.7 Å². The van der Waals surface area contributed by atoms with E-state index in [9.17, 15) is 9.59 Å². The third-order valence-electron chi connectivity index (χ3n) is 5.13. The highest BCUT2D eigenvalue weighted by Crippen LogP contribution is 2.23. The van der Waals surface area contributed by atoms with Crippen LogP contribution < -0.4 is 0 Å². The van der Waals surface area contributed by atoms with E-state index in [2.05, 4.69) is 10.1 Å². The first kappa shape index (κ1) is 20.4. The van der Waals surface area contributed by atoms with Crippen LogP contribution in [0.3, 0.4) is 0 Å². The van der Waals surface area contributed by atoms with Crippen LogP contribution in [0.15, 0.2) is 91.3 Å². The molecule has 2 aromatic carbocycles. The molecule has 2 aromatic heterocycles. The van der Waals surface area contributed by atoms with Crippen LogP contribution in [-0.4, -0.2) is 26.3 Å². The number of carbonyl (C=O) groups is 2. The van der Waals surface area contributed by atoms with E-state index in [0.717, 1.165) is 16.8 Å². The summed E-state index contributed by atoms with van der Waals surface area (Å²) in [7, 11) is 0. The van der Waals surface area contributed by atoms with Crippen LogP contribution in [0.1, 0.15) is 38.8 Å². The third kappa shape index (κ3) is 5.01. The van der Waals surface area contributed by atoms with Gasteiger partial charge in [-0.05, 0) is 41.8 Å². The lowest BCUT2D eigenvalue weighted by Gasteiger charge is -2.15. The van der Waals surface area contributed by atoms with Crippen LogP contribution in [0, 0.1) is 6.92 Å². The molecule has 5 nitrogen and oxygen atoms in total. The van der Waals surface area contributed by atoms with Crippen molar-refractivity contribution in [2.24, 2.45) is 0 Å². The number of hydrogen-bond donors (Lipinski definition) is 0. The molecule has 0 fully saturated rings. The molecular formula is C26H23N3O2. The Bertz CT molecular complexity index is 1180. The summed E-state index contributed by atoms with van der Waals surface area (Å²) in [5.74, 6) is -1.43. The van der Waals surface area contributed by atoms with E-state index < -0.39 is 5.92 Å². The molecule has 4 rings (SSSR count). The zero-order chi connectivity index (χ0) is 21.6. The summed E-state index contributed by atoms with van der Waals surface area (Å²) in [6.07, 6.45) is 4.07. The number of benzene rings is 2. The van der Waals surface area contributed by atoms with Crippen LogP contribution in [-0.2, 0) is 17.8 Å². The number of Topliss-reactive ketones (excluding diaryl/α,β-unsaturated/α-hetero) is 2. The fourth-order valence-electron chi connectivity index (χ4n) is 3.59. The largest absolute Gasteiger partial charge is 0.296 e. The molecule has 0 saturated heterocycles. The minimum Gasteiger partial charge on any atom is -0.296 e. The summed E-state index contributed by atoms with van der Waals surface area (Å²) in [4.78, 5) is 30.7. The molecule has 0 amide bonds. The molecule has 0 aliphatic carbocycles. The molecule has 0 aliphatic rings. The minimum absolute atomic E-state index is 0.0197. The number of hydrogen-bond acceptors (Lipinski definition) is 4. The predicted molar refractivity (Wildman–Crippen MR) is 119 cm³/mol. The van der Waals surface area contributed by atoms with Crippen molar-refractivity contribution in [2.45, 2.75) is 25.8 Å². The van der Waals surface area contributed by atoms with E-state index in [4.69, 9.17) is 0 Å². The van der Waals surface area contributed by atoms with Crippen LogP contribution in [0.4, 0.5) is 0 Å². The highest BCUT2D eigenvalue weighted by atomic mass is 16.2. The SMILES string of the molecule is Cc1ccnc(C(=O)C(C(=O)Cn2ccc(Cc3ccccc3)n2)c2ccccc2)c1. The summed E-state index contributed by atoms with van der Waals surface area (Å²) in [6.45, 7) is 1.92. The van der Waals surface area contributed by atoms with Gasteiger partial charge in [-0.15, -0.1) is 0 Å². The molecule has 0 radical (unpaired) electrons. The Labute approximate surface area is 181 Å². The maximum atomic E-state index is 13.3. The van der Waals surface area contributed by atoms with Crippen molar-refractivity contribution in [1.82, 2.24) is 14.8 Å². The molecule has 0 spiro atoms. The number of nitrogens with zero attached hydrogens (tertiary/aromatic N) is 3. The van der Waals surface area contributed by atoms with Gasteiger partial charge in [0.15, 0.2) is 11.6 Å². The zero-order valence-electron chi connectivity index (χ0n) is 17.3. The zero-order valence-corrected chi connectivity index (χ0v) is 17.3. The summed E-state index contributed by atoms with van der Waals surface area (Å²) >= 11 is 0. The first-order valence-electron chi connectivity index (χ1n) is 10.2. The van der Waals surface area contributed by atoms with Gasteiger partial charge in [-0.2, -0.15) is 5.10 Å². The average Bonchev–Trinajstić information content (AvgIpc) is 3.22. The van der Waals surface area contributed by atoms with Gasteiger partial charge >= 0.3 is 0 Å². The lowest BCUT2D eigenvalue weighted by molar-refractivity contribution is -0.120. The van der Waals surface area contributed by atoms with Gasteiger partial charge in [-0.25, -0.2) is 0 Å².